The summed E-state index contributed by atoms with van der Waals surface area (Å²) >= 11 is 5.82. The second-order valence-corrected chi connectivity index (χ2v) is 5.77. The van der Waals surface area contributed by atoms with Crippen LogP contribution in [0.1, 0.15) is 40.0 Å². The van der Waals surface area contributed by atoms with Crippen LogP contribution < -0.4 is 5.32 Å². The molecule has 1 aliphatic heterocycles. The van der Waals surface area contributed by atoms with E-state index in [1.807, 2.05) is 25.7 Å². The van der Waals surface area contributed by atoms with Crippen LogP contribution in [0, 0.1) is 5.41 Å². The van der Waals surface area contributed by atoms with Gasteiger partial charge in [0.15, 0.2) is 0 Å². The van der Waals surface area contributed by atoms with Gasteiger partial charge in [-0.2, -0.15) is 0 Å². The van der Waals surface area contributed by atoms with Crippen molar-refractivity contribution in [2.75, 3.05) is 19.0 Å². The standard InChI is InChI=1S/C13H23ClN2O2/c1-4-11(17)15-10-5-7-16(8-6-10)12(18)13(2,3)9-14/h10H,4-9H2,1-3H3,(H,15,17). The topological polar surface area (TPSA) is 49.4 Å². The molecule has 4 nitrogen and oxygen atoms in total. The zero-order valence-electron chi connectivity index (χ0n) is 11.5. The Bertz CT molecular complexity index is 310. The van der Waals surface area contributed by atoms with Gasteiger partial charge in [0.05, 0.1) is 5.41 Å². The zero-order chi connectivity index (χ0) is 13.8. The van der Waals surface area contributed by atoms with Gasteiger partial charge in [0.2, 0.25) is 11.8 Å². The Morgan fingerprint density at radius 1 is 1.33 bits per heavy atom. The molecule has 0 radical (unpaired) electrons. The predicted molar refractivity (Wildman–Crippen MR) is 72.5 cm³/mol. The van der Waals surface area contributed by atoms with Crippen LogP contribution in [0.4, 0.5) is 0 Å². The fraction of sp³-hybridized carbons (Fsp3) is 0.846. The largest absolute Gasteiger partial charge is 0.353 e. The number of nitrogens with zero attached hydrogens (tertiary/aromatic N) is 1. The number of piperidine rings is 1. The van der Waals surface area contributed by atoms with Gasteiger partial charge in [-0.25, -0.2) is 0 Å². The van der Waals surface area contributed by atoms with Crippen LogP contribution in [0.3, 0.4) is 0 Å². The van der Waals surface area contributed by atoms with E-state index < -0.39 is 5.41 Å². The van der Waals surface area contributed by atoms with Gasteiger partial charge in [-0.05, 0) is 26.7 Å². The van der Waals surface area contributed by atoms with Crippen molar-refractivity contribution >= 4 is 23.4 Å². The Morgan fingerprint density at radius 2 is 1.89 bits per heavy atom. The Kier molecular flexibility index (Phi) is 5.45. The summed E-state index contributed by atoms with van der Waals surface area (Å²) < 4.78 is 0. The van der Waals surface area contributed by atoms with Crippen LogP contribution >= 0.6 is 11.6 Å². The molecule has 0 unspecified atom stereocenters. The zero-order valence-corrected chi connectivity index (χ0v) is 12.2. The number of alkyl halides is 1. The van der Waals surface area contributed by atoms with Crippen LogP contribution in [0.2, 0.25) is 0 Å². The van der Waals surface area contributed by atoms with Gasteiger partial charge in [0.25, 0.3) is 0 Å². The monoisotopic (exact) mass is 274 g/mol. The van der Waals surface area contributed by atoms with E-state index in [0.717, 1.165) is 12.8 Å². The van der Waals surface area contributed by atoms with Crippen LogP contribution in [0.5, 0.6) is 0 Å². The lowest BCUT2D eigenvalue weighted by Gasteiger charge is -2.36. The fourth-order valence-corrected chi connectivity index (χ4v) is 2.16. The number of hydrogen-bond acceptors (Lipinski definition) is 2. The molecule has 104 valence electrons. The van der Waals surface area contributed by atoms with Crippen molar-refractivity contribution < 1.29 is 9.59 Å². The Hall–Kier alpha value is -0.770. The lowest BCUT2D eigenvalue weighted by Crippen LogP contribution is -2.50. The Morgan fingerprint density at radius 3 is 2.33 bits per heavy atom. The Labute approximate surface area is 114 Å². The van der Waals surface area contributed by atoms with E-state index in [1.54, 1.807) is 0 Å². The molecule has 2 amide bonds. The van der Waals surface area contributed by atoms with Crippen molar-refractivity contribution in [2.45, 2.75) is 46.1 Å². The number of halogens is 1. The normalized spacial score (nSPS) is 17.7. The average Bonchev–Trinajstić information content (AvgIpc) is 2.38. The smallest absolute Gasteiger partial charge is 0.229 e. The molecule has 1 N–H and O–H groups in total. The molecule has 0 atom stereocenters. The number of rotatable bonds is 4. The summed E-state index contributed by atoms with van der Waals surface area (Å²) in [6, 6.07) is 0.209. The number of carbonyl (C=O) groups is 2. The molecule has 0 aromatic heterocycles. The van der Waals surface area contributed by atoms with E-state index >= 15 is 0 Å². The third-order valence-corrected chi connectivity index (χ3v) is 4.05. The molecule has 0 saturated carbocycles. The van der Waals surface area contributed by atoms with Crippen LogP contribution in [0.15, 0.2) is 0 Å². The SMILES string of the molecule is CCC(=O)NC1CCN(C(=O)C(C)(C)CCl)CC1. The molecule has 0 aromatic carbocycles. The molecule has 1 heterocycles. The number of carbonyl (C=O) groups excluding carboxylic acids is 2. The highest BCUT2D eigenvalue weighted by Crippen LogP contribution is 2.23. The lowest BCUT2D eigenvalue weighted by molar-refractivity contribution is -0.140. The third-order valence-electron chi connectivity index (χ3n) is 3.38. The van der Waals surface area contributed by atoms with E-state index in [1.165, 1.54) is 0 Å². The molecule has 1 rings (SSSR count). The molecule has 1 aliphatic rings. The van der Waals surface area contributed by atoms with Gasteiger partial charge in [0, 0.05) is 31.4 Å². The van der Waals surface area contributed by atoms with Crippen molar-refractivity contribution in [2.24, 2.45) is 5.41 Å². The molecule has 18 heavy (non-hydrogen) atoms. The maximum absolute atomic E-state index is 12.2. The van der Waals surface area contributed by atoms with E-state index in [9.17, 15) is 9.59 Å². The minimum atomic E-state index is -0.499. The fourth-order valence-electron chi connectivity index (χ4n) is 2.04. The number of likely N-dealkylation sites (tertiary alicyclic amines) is 1. The molecule has 0 spiro atoms. The summed E-state index contributed by atoms with van der Waals surface area (Å²) in [7, 11) is 0. The number of nitrogens with one attached hydrogen (secondary N) is 1. The van der Waals surface area contributed by atoms with Crippen molar-refractivity contribution in [1.29, 1.82) is 0 Å². The molecule has 1 fully saturated rings. The van der Waals surface area contributed by atoms with Gasteiger partial charge in [-0.15, -0.1) is 11.6 Å². The van der Waals surface area contributed by atoms with Crippen LogP contribution in [-0.2, 0) is 9.59 Å². The minimum absolute atomic E-state index is 0.0841. The first-order chi connectivity index (χ1) is 8.40. The molecule has 0 bridgehead atoms. The van der Waals surface area contributed by atoms with E-state index in [0.29, 0.717) is 25.4 Å². The molecule has 0 aliphatic carbocycles. The van der Waals surface area contributed by atoms with E-state index in [2.05, 4.69) is 5.32 Å². The van der Waals surface area contributed by atoms with Gasteiger partial charge in [-0.1, -0.05) is 6.92 Å². The second-order valence-electron chi connectivity index (χ2n) is 5.51. The molecule has 5 heteroatoms. The first-order valence-corrected chi connectivity index (χ1v) is 7.09. The van der Waals surface area contributed by atoms with Crippen molar-refractivity contribution in [3.8, 4) is 0 Å². The van der Waals surface area contributed by atoms with Crippen molar-refractivity contribution in [3.63, 3.8) is 0 Å². The van der Waals surface area contributed by atoms with E-state index in [-0.39, 0.29) is 17.9 Å². The van der Waals surface area contributed by atoms with Gasteiger partial charge >= 0.3 is 0 Å². The first kappa shape index (κ1) is 15.3. The predicted octanol–water partition coefficient (Wildman–Crippen LogP) is 1.77. The molecule has 0 aromatic rings. The highest BCUT2D eigenvalue weighted by atomic mass is 35.5. The summed E-state index contributed by atoms with van der Waals surface area (Å²) in [6.45, 7) is 6.99. The highest BCUT2D eigenvalue weighted by molar-refractivity contribution is 6.19. The third kappa shape index (κ3) is 3.87. The molecular weight excluding hydrogens is 252 g/mol. The summed E-state index contributed by atoms with van der Waals surface area (Å²) in [5, 5.41) is 2.98. The highest BCUT2D eigenvalue weighted by Gasteiger charge is 2.33. The van der Waals surface area contributed by atoms with Gasteiger partial charge in [0.1, 0.15) is 0 Å². The number of amides is 2. The summed E-state index contributed by atoms with van der Waals surface area (Å²) in [5.74, 6) is 0.525. The maximum Gasteiger partial charge on any atom is 0.229 e. The van der Waals surface area contributed by atoms with Crippen LogP contribution in [-0.4, -0.2) is 41.7 Å². The quantitative estimate of drug-likeness (QED) is 0.795. The number of hydrogen-bond donors (Lipinski definition) is 1. The van der Waals surface area contributed by atoms with Crippen LogP contribution in [0.25, 0.3) is 0 Å². The lowest BCUT2D eigenvalue weighted by atomic mass is 9.92. The minimum Gasteiger partial charge on any atom is -0.353 e. The Balaban J connectivity index is 2.44. The summed E-state index contributed by atoms with van der Waals surface area (Å²) in [6.07, 6.45) is 2.17. The second kappa shape index (κ2) is 6.41. The maximum atomic E-state index is 12.2. The van der Waals surface area contributed by atoms with Crippen molar-refractivity contribution in [3.05, 3.63) is 0 Å². The van der Waals surface area contributed by atoms with Gasteiger partial charge < -0.3 is 10.2 Å². The van der Waals surface area contributed by atoms with E-state index in [4.69, 9.17) is 11.6 Å². The summed E-state index contributed by atoms with van der Waals surface area (Å²) in [4.78, 5) is 25.3. The molecule has 1 saturated heterocycles. The molecular formula is C13H23ClN2O2. The first-order valence-electron chi connectivity index (χ1n) is 6.55. The summed E-state index contributed by atoms with van der Waals surface area (Å²) in [5.41, 5.74) is -0.499. The average molecular weight is 275 g/mol. The van der Waals surface area contributed by atoms with Gasteiger partial charge in [-0.3, -0.25) is 9.59 Å². The van der Waals surface area contributed by atoms with Crippen molar-refractivity contribution in [1.82, 2.24) is 10.2 Å².